The third-order valence-electron chi connectivity index (χ3n) is 2.69. The van der Waals surface area contributed by atoms with Crippen LogP contribution in [0.15, 0.2) is 24.3 Å². The summed E-state index contributed by atoms with van der Waals surface area (Å²) in [6, 6.07) is 9.06. The fraction of sp³-hybridized carbons (Fsp3) is 0.600. The van der Waals surface area contributed by atoms with E-state index in [1.165, 1.54) is 24.0 Å². The molecule has 0 atom stereocenters. The van der Waals surface area contributed by atoms with Crippen LogP contribution in [-0.4, -0.2) is 18.5 Å². The molecule has 0 aliphatic carbocycles. The zero-order valence-electron chi connectivity index (χ0n) is 11.2. The molecule has 0 bridgehead atoms. The molecule has 0 fully saturated rings. The number of benzene rings is 1. The highest BCUT2D eigenvalue weighted by Gasteiger charge is 2.02. The molecule has 0 N–H and O–H groups in total. The van der Waals surface area contributed by atoms with Gasteiger partial charge in [-0.1, -0.05) is 51.5 Å². The highest BCUT2D eigenvalue weighted by atomic mass is 15.1. The topological polar surface area (TPSA) is 3.24 Å². The molecule has 0 saturated heterocycles. The fourth-order valence-corrected chi connectivity index (χ4v) is 2.10. The Bertz CT molecular complexity index is 287. The van der Waals surface area contributed by atoms with E-state index < -0.39 is 0 Å². The summed E-state index contributed by atoms with van der Waals surface area (Å²) in [5.74, 6) is 0.740. The molecule has 1 aromatic rings. The Labute approximate surface area is 100 Å². The molecule has 1 nitrogen and oxygen atoms in total. The molecule has 1 rings (SSSR count). The van der Waals surface area contributed by atoms with Gasteiger partial charge >= 0.3 is 0 Å². The monoisotopic (exact) mass is 219 g/mol. The van der Waals surface area contributed by atoms with Gasteiger partial charge in [0.15, 0.2) is 0 Å². The van der Waals surface area contributed by atoms with E-state index in [2.05, 4.69) is 57.0 Å². The maximum atomic E-state index is 2.39. The van der Waals surface area contributed by atoms with Crippen molar-refractivity contribution in [3.05, 3.63) is 35.4 Å². The van der Waals surface area contributed by atoms with Gasteiger partial charge in [0.25, 0.3) is 0 Å². The third-order valence-corrected chi connectivity index (χ3v) is 2.69. The quantitative estimate of drug-likeness (QED) is 0.704. The van der Waals surface area contributed by atoms with Crippen molar-refractivity contribution in [1.29, 1.82) is 0 Å². The molecule has 0 unspecified atom stereocenters. The molecule has 16 heavy (non-hydrogen) atoms. The SMILES string of the molecule is CCCc1ccc(CN(C)CC(C)C)cc1. The second-order valence-corrected chi connectivity index (χ2v) is 5.16. The summed E-state index contributed by atoms with van der Waals surface area (Å²) in [4.78, 5) is 2.39. The molecule has 1 aromatic carbocycles. The van der Waals surface area contributed by atoms with Crippen molar-refractivity contribution in [2.45, 2.75) is 40.2 Å². The van der Waals surface area contributed by atoms with E-state index in [9.17, 15) is 0 Å². The van der Waals surface area contributed by atoms with Gasteiger partial charge in [0.1, 0.15) is 0 Å². The maximum Gasteiger partial charge on any atom is 0.0230 e. The zero-order chi connectivity index (χ0) is 12.0. The Balaban J connectivity index is 2.48. The van der Waals surface area contributed by atoms with Crippen molar-refractivity contribution in [3.8, 4) is 0 Å². The molecule has 90 valence electrons. The summed E-state index contributed by atoms with van der Waals surface area (Å²) in [5, 5.41) is 0. The molecule has 0 spiro atoms. The number of hydrogen-bond donors (Lipinski definition) is 0. The lowest BCUT2D eigenvalue weighted by molar-refractivity contribution is 0.288. The van der Waals surface area contributed by atoms with Gasteiger partial charge < -0.3 is 4.90 Å². The normalized spacial score (nSPS) is 11.4. The molecular weight excluding hydrogens is 194 g/mol. The van der Waals surface area contributed by atoms with E-state index >= 15 is 0 Å². The summed E-state index contributed by atoms with van der Waals surface area (Å²) in [6.07, 6.45) is 2.43. The number of rotatable bonds is 6. The molecule has 0 aliphatic heterocycles. The molecule has 0 radical (unpaired) electrons. The first-order valence-corrected chi connectivity index (χ1v) is 6.38. The number of hydrogen-bond acceptors (Lipinski definition) is 1. The van der Waals surface area contributed by atoms with Crippen LogP contribution in [0.2, 0.25) is 0 Å². The zero-order valence-corrected chi connectivity index (χ0v) is 11.2. The van der Waals surface area contributed by atoms with E-state index in [4.69, 9.17) is 0 Å². The highest BCUT2D eigenvalue weighted by molar-refractivity contribution is 5.22. The van der Waals surface area contributed by atoms with Crippen LogP contribution in [0.4, 0.5) is 0 Å². The Hall–Kier alpha value is -0.820. The van der Waals surface area contributed by atoms with Gasteiger partial charge in [-0.15, -0.1) is 0 Å². The minimum Gasteiger partial charge on any atom is -0.302 e. The van der Waals surface area contributed by atoms with Crippen molar-refractivity contribution in [1.82, 2.24) is 4.90 Å². The minimum atomic E-state index is 0.740. The summed E-state index contributed by atoms with van der Waals surface area (Å²) >= 11 is 0. The standard InChI is InChI=1S/C15H25N/c1-5-6-14-7-9-15(10-8-14)12-16(4)11-13(2)3/h7-10,13H,5-6,11-12H2,1-4H3. The predicted octanol–water partition coefficient (Wildman–Crippen LogP) is 3.73. The average molecular weight is 219 g/mol. The molecule has 0 saturated carbocycles. The molecule has 0 aliphatic rings. The first-order valence-electron chi connectivity index (χ1n) is 6.38. The van der Waals surface area contributed by atoms with Gasteiger partial charge in [-0.2, -0.15) is 0 Å². The van der Waals surface area contributed by atoms with Crippen LogP contribution in [0.3, 0.4) is 0 Å². The largest absolute Gasteiger partial charge is 0.302 e. The second kappa shape index (κ2) is 6.70. The van der Waals surface area contributed by atoms with Crippen molar-refractivity contribution in [3.63, 3.8) is 0 Å². The molecule has 0 amide bonds. The van der Waals surface area contributed by atoms with E-state index in [1.807, 2.05) is 0 Å². The van der Waals surface area contributed by atoms with Crippen LogP contribution in [0.5, 0.6) is 0 Å². The van der Waals surface area contributed by atoms with Crippen molar-refractivity contribution in [2.75, 3.05) is 13.6 Å². The maximum absolute atomic E-state index is 2.39. The van der Waals surface area contributed by atoms with Crippen LogP contribution < -0.4 is 0 Å². The fourth-order valence-electron chi connectivity index (χ4n) is 2.10. The number of nitrogens with zero attached hydrogens (tertiary/aromatic N) is 1. The Kier molecular flexibility index (Phi) is 5.54. The summed E-state index contributed by atoms with van der Waals surface area (Å²) in [5.41, 5.74) is 2.88. The van der Waals surface area contributed by atoms with Crippen LogP contribution in [0, 0.1) is 5.92 Å². The van der Waals surface area contributed by atoms with Gasteiger partial charge in [-0.3, -0.25) is 0 Å². The lowest BCUT2D eigenvalue weighted by atomic mass is 10.1. The first-order chi connectivity index (χ1) is 7.61. The summed E-state index contributed by atoms with van der Waals surface area (Å²) in [7, 11) is 2.19. The Morgan fingerprint density at radius 2 is 1.62 bits per heavy atom. The van der Waals surface area contributed by atoms with E-state index in [0.717, 1.165) is 19.0 Å². The lowest BCUT2D eigenvalue weighted by Gasteiger charge is -2.19. The molecule has 1 heteroatoms. The van der Waals surface area contributed by atoms with Crippen LogP contribution >= 0.6 is 0 Å². The minimum absolute atomic E-state index is 0.740. The van der Waals surface area contributed by atoms with Gasteiger partial charge in [0.2, 0.25) is 0 Å². The van der Waals surface area contributed by atoms with Crippen molar-refractivity contribution >= 4 is 0 Å². The third kappa shape index (κ3) is 4.80. The molecule has 0 heterocycles. The van der Waals surface area contributed by atoms with Crippen molar-refractivity contribution < 1.29 is 0 Å². The average Bonchev–Trinajstić information content (AvgIpc) is 2.20. The van der Waals surface area contributed by atoms with Gasteiger partial charge in [0, 0.05) is 13.1 Å². The molecule has 0 aromatic heterocycles. The number of aryl methyl sites for hydroxylation is 1. The first kappa shape index (κ1) is 13.2. The molecular formula is C15H25N. The van der Waals surface area contributed by atoms with Crippen LogP contribution in [0.25, 0.3) is 0 Å². The van der Waals surface area contributed by atoms with Gasteiger partial charge in [0.05, 0.1) is 0 Å². The second-order valence-electron chi connectivity index (χ2n) is 5.16. The Morgan fingerprint density at radius 3 is 2.12 bits per heavy atom. The highest BCUT2D eigenvalue weighted by Crippen LogP contribution is 2.09. The van der Waals surface area contributed by atoms with Crippen molar-refractivity contribution in [2.24, 2.45) is 5.92 Å². The van der Waals surface area contributed by atoms with E-state index in [0.29, 0.717) is 0 Å². The summed E-state index contributed by atoms with van der Waals surface area (Å²) < 4.78 is 0. The smallest absolute Gasteiger partial charge is 0.0230 e. The van der Waals surface area contributed by atoms with Crippen LogP contribution in [-0.2, 0) is 13.0 Å². The lowest BCUT2D eigenvalue weighted by Crippen LogP contribution is -2.22. The van der Waals surface area contributed by atoms with Gasteiger partial charge in [-0.25, -0.2) is 0 Å². The predicted molar refractivity (Wildman–Crippen MR) is 71.6 cm³/mol. The van der Waals surface area contributed by atoms with E-state index in [1.54, 1.807) is 0 Å². The van der Waals surface area contributed by atoms with Crippen LogP contribution in [0.1, 0.15) is 38.3 Å². The van der Waals surface area contributed by atoms with Gasteiger partial charge in [-0.05, 0) is 30.5 Å². The summed E-state index contributed by atoms with van der Waals surface area (Å²) in [6.45, 7) is 8.98. The van der Waals surface area contributed by atoms with E-state index in [-0.39, 0.29) is 0 Å². The Morgan fingerprint density at radius 1 is 1.06 bits per heavy atom.